The Morgan fingerprint density at radius 3 is 1.94 bits per heavy atom. The maximum Gasteiger partial charge on any atom is 0.221 e. The Bertz CT molecular complexity index is 204. The molecule has 17 heavy (non-hydrogen) atoms. The molecule has 0 saturated heterocycles. The van der Waals surface area contributed by atoms with Gasteiger partial charge in [0, 0.05) is 26.5 Å². The SMILES string of the molecule is COC(C#CCCCCCCCCCCl)OC. The molecule has 0 fully saturated rings. The van der Waals surface area contributed by atoms with E-state index in [9.17, 15) is 0 Å². The minimum absolute atomic E-state index is 0.370. The second-order valence-electron chi connectivity index (χ2n) is 4.04. The zero-order valence-corrected chi connectivity index (χ0v) is 11.9. The van der Waals surface area contributed by atoms with E-state index in [1.54, 1.807) is 14.2 Å². The summed E-state index contributed by atoms with van der Waals surface area (Å²) in [6, 6.07) is 0. The lowest BCUT2D eigenvalue weighted by atomic mass is 10.1. The summed E-state index contributed by atoms with van der Waals surface area (Å²) in [5.41, 5.74) is 0. The van der Waals surface area contributed by atoms with E-state index < -0.39 is 0 Å². The van der Waals surface area contributed by atoms with Gasteiger partial charge in [-0.3, -0.25) is 0 Å². The summed E-state index contributed by atoms with van der Waals surface area (Å²) >= 11 is 5.61. The fraction of sp³-hybridized carbons (Fsp3) is 0.857. The second kappa shape index (κ2) is 13.8. The first-order valence-electron chi connectivity index (χ1n) is 6.45. The molecule has 0 aromatic heterocycles. The van der Waals surface area contributed by atoms with Gasteiger partial charge in [0.2, 0.25) is 6.29 Å². The van der Waals surface area contributed by atoms with Gasteiger partial charge in [0.25, 0.3) is 0 Å². The summed E-state index contributed by atoms with van der Waals surface area (Å²) in [6.45, 7) is 0. The number of unbranched alkanes of at least 4 members (excludes halogenated alkanes) is 7. The zero-order chi connectivity index (χ0) is 12.8. The van der Waals surface area contributed by atoms with Gasteiger partial charge in [-0.25, -0.2) is 0 Å². The van der Waals surface area contributed by atoms with Gasteiger partial charge in [0.1, 0.15) is 0 Å². The molecule has 0 atom stereocenters. The first-order valence-corrected chi connectivity index (χ1v) is 6.98. The lowest BCUT2D eigenvalue weighted by Gasteiger charge is -2.03. The Hall–Kier alpha value is -0.230. The lowest BCUT2D eigenvalue weighted by Crippen LogP contribution is -2.09. The number of ether oxygens (including phenoxy) is 2. The Morgan fingerprint density at radius 1 is 0.882 bits per heavy atom. The van der Waals surface area contributed by atoms with Crippen molar-refractivity contribution in [3.05, 3.63) is 0 Å². The molecular weight excluding hydrogens is 236 g/mol. The fourth-order valence-corrected chi connectivity index (χ4v) is 1.75. The molecule has 0 amide bonds. The van der Waals surface area contributed by atoms with Gasteiger partial charge in [0.15, 0.2) is 0 Å². The lowest BCUT2D eigenvalue weighted by molar-refractivity contribution is -0.0595. The molecule has 0 aliphatic heterocycles. The van der Waals surface area contributed by atoms with E-state index in [-0.39, 0.29) is 6.29 Å². The number of hydrogen-bond acceptors (Lipinski definition) is 2. The molecule has 0 saturated carbocycles. The monoisotopic (exact) mass is 260 g/mol. The minimum Gasteiger partial charge on any atom is -0.345 e. The highest BCUT2D eigenvalue weighted by molar-refractivity contribution is 6.17. The molecule has 0 N–H and O–H groups in total. The van der Waals surface area contributed by atoms with Crippen molar-refractivity contribution in [1.82, 2.24) is 0 Å². The van der Waals surface area contributed by atoms with Crippen molar-refractivity contribution < 1.29 is 9.47 Å². The number of methoxy groups -OCH3 is 2. The van der Waals surface area contributed by atoms with Gasteiger partial charge in [-0.05, 0) is 18.8 Å². The average Bonchev–Trinajstić information content (AvgIpc) is 2.36. The Labute approximate surface area is 111 Å². The van der Waals surface area contributed by atoms with Gasteiger partial charge >= 0.3 is 0 Å². The van der Waals surface area contributed by atoms with E-state index in [0.29, 0.717) is 0 Å². The molecular formula is C14H25ClO2. The van der Waals surface area contributed by atoms with Crippen LogP contribution in [0.4, 0.5) is 0 Å². The van der Waals surface area contributed by atoms with Gasteiger partial charge in [-0.1, -0.05) is 38.0 Å². The highest BCUT2D eigenvalue weighted by atomic mass is 35.5. The standard InChI is InChI=1S/C14H25ClO2/c1-16-14(17-2)12-10-8-6-4-3-5-7-9-11-13-15/h14H,3-9,11,13H2,1-2H3. The van der Waals surface area contributed by atoms with Crippen LogP contribution in [-0.4, -0.2) is 26.4 Å². The molecule has 0 heterocycles. The summed E-state index contributed by atoms with van der Waals surface area (Å²) in [5.74, 6) is 6.81. The molecule has 0 rings (SSSR count). The largest absolute Gasteiger partial charge is 0.345 e. The molecule has 100 valence electrons. The highest BCUT2D eigenvalue weighted by Gasteiger charge is 1.96. The number of alkyl halides is 1. The van der Waals surface area contributed by atoms with Crippen LogP contribution >= 0.6 is 11.6 Å². The van der Waals surface area contributed by atoms with E-state index in [1.165, 1.54) is 38.5 Å². The predicted molar refractivity (Wildman–Crippen MR) is 73.2 cm³/mol. The average molecular weight is 261 g/mol. The van der Waals surface area contributed by atoms with E-state index in [4.69, 9.17) is 21.1 Å². The quantitative estimate of drug-likeness (QED) is 0.256. The molecule has 0 aliphatic carbocycles. The van der Waals surface area contributed by atoms with Crippen molar-refractivity contribution in [2.75, 3.05) is 20.1 Å². The molecule has 3 heteroatoms. The molecule has 2 nitrogen and oxygen atoms in total. The Balaban J connectivity index is 3.22. The summed E-state index contributed by atoms with van der Waals surface area (Å²) in [5, 5.41) is 0. The number of halogens is 1. The molecule has 0 unspecified atom stereocenters. The van der Waals surface area contributed by atoms with Crippen molar-refractivity contribution >= 4 is 11.6 Å². The third-order valence-electron chi connectivity index (χ3n) is 2.58. The first-order chi connectivity index (χ1) is 8.35. The van der Waals surface area contributed by atoms with Gasteiger partial charge < -0.3 is 9.47 Å². The minimum atomic E-state index is -0.370. The van der Waals surface area contributed by atoms with Crippen LogP contribution in [0.15, 0.2) is 0 Å². The number of hydrogen-bond donors (Lipinski definition) is 0. The summed E-state index contributed by atoms with van der Waals surface area (Å²) < 4.78 is 9.95. The van der Waals surface area contributed by atoms with Crippen LogP contribution in [-0.2, 0) is 9.47 Å². The van der Waals surface area contributed by atoms with Crippen LogP contribution in [0.5, 0.6) is 0 Å². The Kier molecular flexibility index (Phi) is 13.6. The summed E-state index contributed by atoms with van der Waals surface area (Å²) in [7, 11) is 3.20. The smallest absolute Gasteiger partial charge is 0.221 e. The third-order valence-corrected chi connectivity index (χ3v) is 2.85. The van der Waals surface area contributed by atoms with Crippen LogP contribution < -0.4 is 0 Å². The van der Waals surface area contributed by atoms with Crippen LogP contribution in [0.25, 0.3) is 0 Å². The van der Waals surface area contributed by atoms with Crippen LogP contribution in [0.1, 0.15) is 51.4 Å². The van der Waals surface area contributed by atoms with Gasteiger partial charge in [0.05, 0.1) is 0 Å². The molecule has 0 aromatic carbocycles. The Morgan fingerprint density at radius 2 is 1.41 bits per heavy atom. The second-order valence-corrected chi connectivity index (χ2v) is 4.42. The van der Waals surface area contributed by atoms with Crippen molar-refractivity contribution in [1.29, 1.82) is 0 Å². The molecule has 0 radical (unpaired) electrons. The van der Waals surface area contributed by atoms with Gasteiger partial charge in [-0.2, -0.15) is 0 Å². The maximum absolute atomic E-state index is 5.61. The molecule has 0 spiro atoms. The van der Waals surface area contributed by atoms with Crippen LogP contribution in [0, 0.1) is 11.8 Å². The van der Waals surface area contributed by atoms with Gasteiger partial charge in [-0.15, -0.1) is 11.6 Å². The van der Waals surface area contributed by atoms with E-state index in [0.717, 1.165) is 18.7 Å². The van der Waals surface area contributed by atoms with E-state index >= 15 is 0 Å². The normalized spacial score (nSPS) is 10.4. The van der Waals surface area contributed by atoms with Crippen LogP contribution in [0.2, 0.25) is 0 Å². The third kappa shape index (κ3) is 12.0. The number of rotatable bonds is 10. The topological polar surface area (TPSA) is 18.5 Å². The summed E-state index contributed by atoms with van der Waals surface area (Å²) in [6.07, 6.45) is 9.37. The van der Waals surface area contributed by atoms with E-state index in [2.05, 4.69) is 11.8 Å². The highest BCUT2D eigenvalue weighted by Crippen LogP contribution is 2.08. The van der Waals surface area contributed by atoms with Crippen molar-refractivity contribution in [3.8, 4) is 11.8 Å². The van der Waals surface area contributed by atoms with E-state index in [1.807, 2.05) is 0 Å². The molecule has 0 aromatic rings. The maximum atomic E-state index is 5.61. The zero-order valence-electron chi connectivity index (χ0n) is 11.1. The molecule has 0 aliphatic rings. The fourth-order valence-electron chi connectivity index (χ4n) is 1.56. The predicted octanol–water partition coefficient (Wildman–Crippen LogP) is 3.97. The molecule has 0 bridgehead atoms. The first kappa shape index (κ1) is 16.8. The van der Waals surface area contributed by atoms with Crippen molar-refractivity contribution in [2.24, 2.45) is 0 Å². The van der Waals surface area contributed by atoms with Crippen molar-refractivity contribution in [3.63, 3.8) is 0 Å². The van der Waals surface area contributed by atoms with Crippen molar-refractivity contribution in [2.45, 2.75) is 57.7 Å². The summed E-state index contributed by atoms with van der Waals surface area (Å²) in [4.78, 5) is 0. The van der Waals surface area contributed by atoms with Crippen LogP contribution in [0.3, 0.4) is 0 Å².